The van der Waals surface area contributed by atoms with Crippen molar-refractivity contribution >= 4 is 0 Å². The van der Waals surface area contributed by atoms with Gasteiger partial charge in [-0.1, -0.05) is 12.8 Å². The molecule has 0 aromatic heterocycles. The highest BCUT2D eigenvalue weighted by Gasteiger charge is 2.68. The van der Waals surface area contributed by atoms with Gasteiger partial charge in [-0.05, 0) is 54.8 Å². The van der Waals surface area contributed by atoms with E-state index in [2.05, 4.69) is 0 Å². The predicted octanol–water partition coefficient (Wildman–Crippen LogP) is 2.69. The van der Waals surface area contributed by atoms with E-state index in [-0.39, 0.29) is 0 Å². The summed E-state index contributed by atoms with van der Waals surface area (Å²) in [5.74, 6) is 7.45. The van der Waals surface area contributed by atoms with Gasteiger partial charge in [-0.25, -0.2) is 0 Å². The minimum Gasteiger partial charge on any atom is -0.0527 e. The topological polar surface area (TPSA) is 0 Å². The molecule has 0 N–H and O–H groups in total. The van der Waals surface area contributed by atoms with Gasteiger partial charge in [0.1, 0.15) is 0 Å². The first-order chi connectivity index (χ1) is 5.45. The lowest BCUT2D eigenvalue weighted by Gasteiger charge is -2.32. The van der Waals surface area contributed by atoms with Crippen molar-refractivity contribution in [2.45, 2.75) is 32.1 Å². The molecule has 0 heterocycles. The fourth-order valence-corrected chi connectivity index (χ4v) is 4.83. The third kappa shape index (κ3) is 0.494. The number of fused-ring (bicyclic) bond motifs is 3. The Morgan fingerprint density at radius 1 is 0.727 bits per heavy atom. The van der Waals surface area contributed by atoms with Gasteiger partial charge >= 0.3 is 0 Å². The minimum atomic E-state index is 1.20. The summed E-state index contributed by atoms with van der Waals surface area (Å²) in [6.45, 7) is 0. The van der Waals surface area contributed by atoms with Gasteiger partial charge in [0.15, 0.2) is 0 Å². The minimum absolute atomic E-state index is 1.20. The van der Waals surface area contributed by atoms with E-state index in [1.807, 2.05) is 0 Å². The largest absolute Gasteiger partial charge is 0.0527 e. The normalized spacial score (nSPS) is 69.8. The Morgan fingerprint density at radius 2 is 1.73 bits per heavy atom. The van der Waals surface area contributed by atoms with Gasteiger partial charge in [0.2, 0.25) is 0 Å². The van der Waals surface area contributed by atoms with E-state index in [9.17, 15) is 0 Å². The summed E-state index contributed by atoms with van der Waals surface area (Å²) in [6, 6.07) is 0. The van der Waals surface area contributed by atoms with Crippen LogP contribution < -0.4 is 0 Å². The molecule has 6 atom stereocenters. The average Bonchev–Trinajstić information content (AvgIpc) is 2.43. The van der Waals surface area contributed by atoms with Crippen molar-refractivity contribution in [3.63, 3.8) is 0 Å². The van der Waals surface area contributed by atoms with Crippen LogP contribution in [0, 0.1) is 35.5 Å². The molecule has 11 heavy (non-hydrogen) atoms. The molecule has 0 spiro atoms. The Bertz CT molecular complexity index is 206. The van der Waals surface area contributed by atoms with E-state index in [0.29, 0.717) is 0 Å². The van der Waals surface area contributed by atoms with Crippen molar-refractivity contribution in [3.05, 3.63) is 0 Å². The average molecular weight is 148 g/mol. The summed E-state index contributed by atoms with van der Waals surface area (Å²) in [7, 11) is 0. The first kappa shape index (κ1) is 5.61. The second kappa shape index (κ2) is 1.53. The maximum Gasteiger partial charge on any atom is -0.0318 e. The van der Waals surface area contributed by atoms with Crippen molar-refractivity contribution < 1.29 is 0 Å². The molecule has 4 aliphatic rings. The Hall–Kier alpha value is 0. The lowest BCUT2D eigenvalue weighted by molar-refractivity contribution is 0.175. The van der Waals surface area contributed by atoms with Gasteiger partial charge in [-0.15, -0.1) is 0 Å². The van der Waals surface area contributed by atoms with Gasteiger partial charge in [-0.2, -0.15) is 0 Å². The summed E-state index contributed by atoms with van der Waals surface area (Å²) < 4.78 is 0. The van der Waals surface area contributed by atoms with Crippen LogP contribution in [0.2, 0.25) is 0 Å². The van der Waals surface area contributed by atoms with Crippen LogP contribution in [0.25, 0.3) is 0 Å². The lowest BCUT2D eigenvalue weighted by atomic mass is 9.73. The van der Waals surface area contributed by atoms with E-state index in [0.717, 1.165) is 0 Å². The van der Waals surface area contributed by atoms with Gasteiger partial charge < -0.3 is 0 Å². The molecule has 0 saturated heterocycles. The van der Waals surface area contributed by atoms with Crippen molar-refractivity contribution in [1.82, 2.24) is 0 Å². The quantitative estimate of drug-likeness (QED) is 0.495. The highest BCUT2D eigenvalue weighted by atomic mass is 14.7. The van der Waals surface area contributed by atoms with E-state index in [4.69, 9.17) is 0 Å². The van der Waals surface area contributed by atoms with Crippen LogP contribution in [-0.4, -0.2) is 0 Å². The van der Waals surface area contributed by atoms with Crippen LogP contribution >= 0.6 is 0 Å². The third-order valence-electron chi connectivity index (χ3n) is 5.23. The second-order valence-corrected chi connectivity index (χ2v) is 5.40. The zero-order valence-electron chi connectivity index (χ0n) is 7.00. The van der Waals surface area contributed by atoms with Crippen molar-refractivity contribution in [1.29, 1.82) is 0 Å². The van der Waals surface area contributed by atoms with Crippen molar-refractivity contribution in [3.8, 4) is 0 Å². The highest BCUT2D eigenvalue weighted by molar-refractivity contribution is 5.17. The lowest BCUT2D eigenvalue weighted by Crippen LogP contribution is -2.24. The molecule has 0 bridgehead atoms. The Morgan fingerprint density at radius 3 is 2.73 bits per heavy atom. The molecule has 0 heteroatoms. The number of hydrogen-bond donors (Lipinski definition) is 0. The Kier molecular flexibility index (Phi) is 0.781. The molecule has 6 unspecified atom stereocenters. The summed E-state index contributed by atoms with van der Waals surface area (Å²) >= 11 is 0. The van der Waals surface area contributed by atoms with E-state index in [1.54, 1.807) is 32.1 Å². The SMILES string of the molecule is C1CC2CC3CC4C3C4C2C1. The molecule has 0 nitrogen and oxygen atoms in total. The summed E-state index contributed by atoms with van der Waals surface area (Å²) in [5, 5.41) is 0. The van der Waals surface area contributed by atoms with Gasteiger partial charge in [0.05, 0.1) is 0 Å². The molecule has 4 saturated carbocycles. The fraction of sp³-hybridized carbons (Fsp3) is 1.00. The molecule has 4 rings (SSSR count). The monoisotopic (exact) mass is 148 g/mol. The van der Waals surface area contributed by atoms with E-state index >= 15 is 0 Å². The molecule has 0 amide bonds. The second-order valence-electron chi connectivity index (χ2n) is 5.40. The maximum absolute atomic E-state index is 1.64. The van der Waals surface area contributed by atoms with E-state index in [1.165, 1.54) is 35.5 Å². The molecular weight excluding hydrogens is 132 g/mol. The van der Waals surface area contributed by atoms with E-state index < -0.39 is 0 Å². The molecule has 60 valence electrons. The Labute approximate surface area is 68.4 Å². The molecule has 0 aliphatic heterocycles. The molecule has 4 fully saturated rings. The molecule has 4 aliphatic carbocycles. The first-order valence-electron chi connectivity index (χ1n) is 5.45. The van der Waals surface area contributed by atoms with Gasteiger partial charge in [-0.3, -0.25) is 0 Å². The predicted molar refractivity (Wildman–Crippen MR) is 44.0 cm³/mol. The smallest absolute Gasteiger partial charge is 0.0318 e. The Balaban J connectivity index is 1.72. The molecule has 0 aromatic carbocycles. The highest BCUT2D eigenvalue weighted by Crippen LogP contribution is 2.75. The maximum atomic E-state index is 1.64. The van der Waals surface area contributed by atoms with Crippen molar-refractivity contribution in [2.75, 3.05) is 0 Å². The summed E-state index contributed by atoms with van der Waals surface area (Å²) in [4.78, 5) is 0. The molecule has 0 aromatic rings. The van der Waals surface area contributed by atoms with Crippen LogP contribution in [0.3, 0.4) is 0 Å². The van der Waals surface area contributed by atoms with Crippen molar-refractivity contribution in [2.24, 2.45) is 35.5 Å². The van der Waals surface area contributed by atoms with Crippen LogP contribution in [0.5, 0.6) is 0 Å². The van der Waals surface area contributed by atoms with Crippen LogP contribution in [0.1, 0.15) is 32.1 Å². The summed E-state index contributed by atoms with van der Waals surface area (Å²) in [5.41, 5.74) is 0. The number of hydrogen-bond acceptors (Lipinski definition) is 0. The number of rotatable bonds is 0. The standard InChI is InChI=1S/C11H16/c1-2-6-4-7-5-9-10(7)11(9)8(6)3-1/h6-11H,1-5H2. The van der Waals surface area contributed by atoms with Crippen LogP contribution in [0.15, 0.2) is 0 Å². The zero-order chi connectivity index (χ0) is 7.00. The van der Waals surface area contributed by atoms with Crippen LogP contribution in [-0.2, 0) is 0 Å². The zero-order valence-corrected chi connectivity index (χ0v) is 7.00. The first-order valence-corrected chi connectivity index (χ1v) is 5.45. The molecular formula is C11H16. The fourth-order valence-electron chi connectivity index (χ4n) is 4.83. The van der Waals surface area contributed by atoms with Gasteiger partial charge in [0, 0.05) is 0 Å². The van der Waals surface area contributed by atoms with Gasteiger partial charge in [0.25, 0.3) is 0 Å². The van der Waals surface area contributed by atoms with Crippen LogP contribution in [0.4, 0.5) is 0 Å². The molecule has 0 radical (unpaired) electrons. The summed E-state index contributed by atoms with van der Waals surface area (Å²) in [6.07, 6.45) is 8.05. The third-order valence-corrected chi connectivity index (χ3v) is 5.23.